The number of benzene rings is 2. The molecule has 3 rings (SSSR count). The van der Waals surface area contributed by atoms with Gasteiger partial charge in [-0.15, -0.1) is 0 Å². The lowest BCUT2D eigenvalue weighted by molar-refractivity contribution is -0.576. The van der Waals surface area contributed by atoms with Crippen molar-refractivity contribution in [2.75, 3.05) is 5.32 Å². The monoisotopic (exact) mass is 359 g/mol. The maximum Gasteiger partial charge on any atom is 0.283 e. The van der Waals surface area contributed by atoms with Gasteiger partial charge in [0.05, 0.1) is 4.92 Å². The normalized spacial score (nSPS) is 10.6. The number of pyridine rings is 1. The Morgan fingerprint density at radius 1 is 1.09 bits per heavy atom. The number of halogens is 1. The minimum Gasteiger partial charge on any atom is -0.618 e. The van der Waals surface area contributed by atoms with Gasteiger partial charge < -0.3 is 10.5 Å². The van der Waals surface area contributed by atoms with Gasteiger partial charge in [0.2, 0.25) is 0 Å². The number of non-ortho nitro benzene ring substituents is 1. The third kappa shape index (κ3) is 2.58. The number of nitro benzene ring substituents is 1. The summed E-state index contributed by atoms with van der Waals surface area (Å²) in [7, 11) is 0. The summed E-state index contributed by atoms with van der Waals surface area (Å²) in [5.74, 6) is 0. The van der Waals surface area contributed by atoms with E-state index >= 15 is 0 Å². The Bertz CT molecular complexity index is 866. The second kappa shape index (κ2) is 5.61. The Hall–Kier alpha value is -2.67. The predicted molar refractivity (Wildman–Crippen MR) is 87.0 cm³/mol. The zero-order valence-electron chi connectivity index (χ0n) is 11.2. The molecular formula is C15H10BrN3O3. The highest BCUT2D eigenvalue weighted by Gasteiger charge is 2.20. The second-order valence-electron chi connectivity index (χ2n) is 4.62. The van der Waals surface area contributed by atoms with Crippen molar-refractivity contribution in [3.63, 3.8) is 0 Å². The van der Waals surface area contributed by atoms with Crippen molar-refractivity contribution >= 4 is 43.9 Å². The zero-order chi connectivity index (χ0) is 15.7. The Kier molecular flexibility index (Phi) is 3.64. The molecule has 1 aromatic heterocycles. The maximum atomic E-state index is 12.1. The Labute approximate surface area is 133 Å². The van der Waals surface area contributed by atoms with Crippen LogP contribution in [0.1, 0.15) is 0 Å². The average Bonchev–Trinajstić information content (AvgIpc) is 2.49. The molecule has 0 fully saturated rings. The molecule has 1 N–H and O–H groups in total. The van der Waals surface area contributed by atoms with E-state index in [1.165, 1.54) is 24.4 Å². The second-order valence-corrected chi connectivity index (χ2v) is 5.53. The Morgan fingerprint density at radius 2 is 1.82 bits per heavy atom. The third-order valence-electron chi connectivity index (χ3n) is 3.22. The van der Waals surface area contributed by atoms with Crippen LogP contribution in [0.4, 0.5) is 17.1 Å². The van der Waals surface area contributed by atoms with Gasteiger partial charge in [0.1, 0.15) is 11.1 Å². The van der Waals surface area contributed by atoms with Gasteiger partial charge in [-0.3, -0.25) is 10.1 Å². The van der Waals surface area contributed by atoms with Crippen molar-refractivity contribution in [3.8, 4) is 0 Å². The molecule has 0 spiro atoms. The summed E-state index contributed by atoms with van der Waals surface area (Å²) < 4.78 is 1.56. The van der Waals surface area contributed by atoms with Gasteiger partial charge in [-0.2, -0.15) is 4.73 Å². The molecule has 0 aliphatic rings. The first kappa shape index (κ1) is 14.3. The predicted octanol–water partition coefficient (Wildman–Crippen LogP) is 3.89. The molecule has 0 aliphatic heterocycles. The first-order valence-corrected chi connectivity index (χ1v) is 7.17. The minimum atomic E-state index is -0.494. The number of fused-ring (bicyclic) bond motifs is 1. The number of hydrogen-bond donors (Lipinski definition) is 1. The summed E-state index contributed by atoms with van der Waals surface area (Å²) >= 11 is 3.35. The van der Waals surface area contributed by atoms with E-state index in [-0.39, 0.29) is 11.2 Å². The standard InChI is InChI=1S/C15H10BrN3O3/c16-10-3-5-11(6-4-10)17-13-7-8-14(19(21)22)12-2-1-9-18(20)15(12)13/h1-9,17H. The van der Waals surface area contributed by atoms with Crippen LogP contribution >= 0.6 is 15.9 Å². The molecule has 22 heavy (non-hydrogen) atoms. The number of rotatable bonds is 3. The zero-order valence-corrected chi connectivity index (χ0v) is 12.8. The summed E-state index contributed by atoms with van der Waals surface area (Å²) in [6.07, 6.45) is 1.32. The summed E-state index contributed by atoms with van der Waals surface area (Å²) in [6, 6.07) is 13.4. The number of aromatic nitrogens is 1. The molecule has 7 heteroatoms. The molecule has 0 aliphatic carbocycles. The van der Waals surface area contributed by atoms with Crippen molar-refractivity contribution in [3.05, 3.63) is 74.5 Å². The summed E-state index contributed by atoms with van der Waals surface area (Å²) in [6.45, 7) is 0. The van der Waals surface area contributed by atoms with E-state index in [1.54, 1.807) is 6.07 Å². The number of hydrogen-bond acceptors (Lipinski definition) is 4. The van der Waals surface area contributed by atoms with Crippen LogP contribution in [-0.4, -0.2) is 4.92 Å². The molecule has 0 atom stereocenters. The van der Waals surface area contributed by atoms with Crippen LogP contribution in [0.25, 0.3) is 10.9 Å². The number of nitrogens with zero attached hydrogens (tertiary/aromatic N) is 2. The minimum absolute atomic E-state index is 0.0958. The Morgan fingerprint density at radius 3 is 2.50 bits per heavy atom. The molecule has 2 aromatic carbocycles. The largest absolute Gasteiger partial charge is 0.618 e. The van der Waals surface area contributed by atoms with Gasteiger partial charge in [0.15, 0.2) is 6.20 Å². The summed E-state index contributed by atoms with van der Waals surface area (Å²) in [4.78, 5) is 10.6. The van der Waals surface area contributed by atoms with E-state index in [0.29, 0.717) is 15.8 Å². The fraction of sp³-hybridized carbons (Fsp3) is 0. The van der Waals surface area contributed by atoms with Crippen molar-refractivity contribution < 1.29 is 9.65 Å². The molecule has 0 bridgehead atoms. The van der Waals surface area contributed by atoms with E-state index in [1.807, 2.05) is 24.3 Å². The van der Waals surface area contributed by atoms with Crippen LogP contribution in [-0.2, 0) is 0 Å². The number of nitro groups is 1. The highest BCUT2D eigenvalue weighted by Crippen LogP contribution is 2.31. The molecule has 6 nitrogen and oxygen atoms in total. The fourth-order valence-electron chi connectivity index (χ4n) is 2.24. The third-order valence-corrected chi connectivity index (χ3v) is 3.75. The van der Waals surface area contributed by atoms with Crippen molar-refractivity contribution in [1.29, 1.82) is 0 Å². The smallest absolute Gasteiger partial charge is 0.283 e. The first-order valence-electron chi connectivity index (χ1n) is 6.38. The molecule has 0 amide bonds. The molecule has 1 heterocycles. The van der Waals surface area contributed by atoms with Crippen LogP contribution in [0, 0.1) is 15.3 Å². The summed E-state index contributed by atoms with van der Waals surface area (Å²) in [5.41, 5.74) is 1.43. The van der Waals surface area contributed by atoms with Crippen LogP contribution in [0.15, 0.2) is 59.2 Å². The van der Waals surface area contributed by atoms with Gasteiger partial charge in [0, 0.05) is 22.3 Å². The SMILES string of the molecule is O=[N+]([O-])c1ccc(Nc2ccc(Br)cc2)c2c1ccc[n+]2[O-]. The fourth-order valence-corrected chi connectivity index (χ4v) is 2.50. The van der Waals surface area contributed by atoms with Gasteiger partial charge in [-0.25, -0.2) is 0 Å². The van der Waals surface area contributed by atoms with Crippen LogP contribution in [0.3, 0.4) is 0 Å². The summed E-state index contributed by atoms with van der Waals surface area (Å²) in [5, 5.41) is 26.6. The molecule has 110 valence electrons. The van der Waals surface area contributed by atoms with Gasteiger partial charge in [-0.1, -0.05) is 15.9 Å². The van der Waals surface area contributed by atoms with Crippen molar-refractivity contribution in [2.24, 2.45) is 0 Å². The molecule has 0 unspecified atom stereocenters. The number of anilines is 2. The van der Waals surface area contributed by atoms with E-state index in [4.69, 9.17) is 0 Å². The van der Waals surface area contributed by atoms with Crippen LogP contribution < -0.4 is 10.0 Å². The lowest BCUT2D eigenvalue weighted by atomic mass is 10.1. The highest BCUT2D eigenvalue weighted by molar-refractivity contribution is 9.10. The molecule has 0 saturated heterocycles. The number of nitrogens with one attached hydrogen (secondary N) is 1. The van der Waals surface area contributed by atoms with Gasteiger partial charge in [-0.05, 0) is 36.4 Å². The lowest BCUT2D eigenvalue weighted by Gasteiger charge is -2.10. The van der Waals surface area contributed by atoms with Crippen molar-refractivity contribution in [2.45, 2.75) is 0 Å². The quantitative estimate of drug-likeness (QED) is 0.333. The first-order chi connectivity index (χ1) is 10.6. The van der Waals surface area contributed by atoms with E-state index < -0.39 is 4.92 Å². The topological polar surface area (TPSA) is 82.1 Å². The average molecular weight is 360 g/mol. The molecular weight excluding hydrogens is 350 g/mol. The maximum absolute atomic E-state index is 12.1. The lowest BCUT2D eigenvalue weighted by Crippen LogP contribution is -2.26. The van der Waals surface area contributed by atoms with Crippen molar-refractivity contribution in [1.82, 2.24) is 0 Å². The van der Waals surface area contributed by atoms with Crippen LogP contribution in [0.5, 0.6) is 0 Å². The highest BCUT2D eigenvalue weighted by atomic mass is 79.9. The van der Waals surface area contributed by atoms with Gasteiger partial charge >= 0.3 is 0 Å². The van der Waals surface area contributed by atoms with E-state index in [2.05, 4.69) is 21.2 Å². The Balaban J connectivity index is 2.16. The van der Waals surface area contributed by atoms with Crippen LogP contribution in [0.2, 0.25) is 0 Å². The molecule has 0 radical (unpaired) electrons. The molecule has 3 aromatic rings. The molecule has 0 saturated carbocycles. The van der Waals surface area contributed by atoms with E-state index in [0.717, 1.165) is 10.2 Å². The van der Waals surface area contributed by atoms with Gasteiger partial charge in [0.25, 0.3) is 11.2 Å². The van der Waals surface area contributed by atoms with E-state index in [9.17, 15) is 15.3 Å².